The van der Waals surface area contributed by atoms with Crippen LogP contribution in [0.4, 0.5) is 5.69 Å². The Bertz CT molecular complexity index is 840. The smallest absolute Gasteiger partial charge is 0.189 e. The summed E-state index contributed by atoms with van der Waals surface area (Å²) >= 11 is 0. The molecular weight excluding hydrogens is 342 g/mol. The van der Waals surface area contributed by atoms with Crippen LogP contribution >= 0.6 is 0 Å². The molecule has 0 heterocycles. The second-order valence-corrected chi connectivity index (χ2v) is 6.38. The molecule has 5 heteroatoms. The highest BCUT2D eigenvalue weighted by molar-refractivity contribution is 6.12. The van der Waals surface area contributed by atoms with E-state index in [4.69, 9.17) is 19.9 Å². The summed E-state index contributed by atoms with van der Waals surface area (Å²) < 4.78 is 16.2. The van der Waals surface area contributed by atoms with Crippen molar-refractivity contribution in [2.24, 2.45) is 5.92 Å². The monoisotopic (exact) mass is 369 g/mol. The zero-order chi connectivity index (χ0) is 20.0. The molecule has 0 aliphatic heterocycles. The third kappa shape index (κ3) is 4.82. The summed E-state index contributed by atoms with van der Waals surface area (Å²) in [5, 5.41) is 0. The molecule has 0 saturated carbocycles. The van der Waals surface area contributed by atoms with Crippen LogP contribution in [0.15, 0.2) is 42.0 Å². The molecule has 0 amide bonds. The molecule has 0 radical (unpaired) electrons. The predicted octanol–water partition coefficient (Wildman–Crippen LogP) is 4.61. The minimum atomic E-state index is -0.0791. The van der Waals surface area contributed by atoms with E-state index in [0.29, 0.717) is 40.7 Å². The number of methoxy groups -OCH3 is 2. The average molecular weight is 369 g/mol. The van der Waals surface area contributed by atoms with Crippen LogP contribution in [0, 0.1) is 5.92 Å². The van der Waals surface area contributed by atoms with Crippen molar-refractivity contribution in [2.75, 3.05) is 26.6 Å². The zero-order valence-electron chi connectivity index (χ0n) is 16.5. The minimum Gasteiger partial charge on any atom is -0.497 e. The van der Waals surface area contributed by atoms with Gasteiger partial charge in [0.25, 0.3) is 0 Å². The summed E-state index contributed by atoms with van der Waals surface area (Å²) in [7, 11) is 3.20. The van der Waals surface area contributed by atoms with Crippen molar-refractivity contribution < 1.29 is 19.0 Å². The molecule has 27 heavy (non-hydrogen) atoms. The number of carbonyl (C=O) groups excluding carboxylic acids is 1. The van der Waals surface area contributed by atoms with Gasteiger partial charge in [0.15, 0.2) is 5.78 Å². The molecule has 0 aliphatic carbocycles. The van der Waals surface area contributed by atoms with Gasteiger partial charge in [-0.2, -0.15) is 0 Å². The number of hydrogen-bond donors (Lipinski definition) is 1. The first-order chi connectivity index (χ1) is 12.9. The Morgan fingerprint density at radius 2 is 1.78 bits per heavy atom. The van der Waals surface area contributed by atoms with Gasteiger partial charge in [-0.15, -0.1) is 0 Å². The Labute approximate surface area is 160 Å². The lowest BCUT2D eigenvalue weighted by Crippen LogP contribution is -2.10. The summed E-state index contributed by atoms with van der Waals surface area (Å²) in [6.07, 6.45) is 1.85. The topological polar surface area (TPSA) is 70.8 Å². The molecule has 0 atom stereocenters. The Kier molecular flexibility index (Phi) is 6.88. The standard InChI is InChI=1S/C22H27NO4/c1-6-27-21-9-7-15(13-19(21)23)22(24)18(14(2)3)12-16-11-17(25-4)8-10-20(16)26-5/h7-14H,6,23H2,1-5H3. The first-order valence-electron chi connectivity index (χ1n) is 8.91. The van der Waals surface area contributed by atoms with Crippen LogP contribution in [0.3, 0.4) is 0 Å². The van der Waals surface area contributed by atoms with Crippen molar-refractivity contribution in [1.82, 2.24) is 0 Å². The van der Waals surface area contributed by atoms with Gasteiger partial charge >= 0.3 is 0 Å². The summed E-state index contributed by atoms with van der Waals surface area (Å²) in [5.74, 6) is 1.89. The second-order valence-electron chi connectivity index (χ2n) is 6.38. The van der Waals surface area contributed by atoms with Gasteiger partial charge in [0.1, 0.15) is 17.2 Å². The van der Waals surface area contributed by atoms with Crippen molar-refractivity contribution >= 4 is 17.5 Å². The molecule has 2 rings (SSSR count). The predicted molar refractivity (Wildman–Crippen MR) is 109 cm³/mol. The van der Waals surface area contributed by atoms with Crippen molar-refractivity contribution in [3.8, 4) is 17.2 Å². The molecule has 0 spiro atoms. The van der Waals surface area contributed by atoms with Crippen molar-refractivity contribution in [1.29, 1.82) is 0 Å². The summed E-state index contributed by atoms with van der Waals surface area (Å²) in [5.41, 5.74) is 8.44. The molecule has 2 aromatic rings. The Morgan fingerprint density at radius 1 is 1.07 bits per heavy atom. The Morgan fingerprint density at radius 3 is 2.33 bits per heavy atom. The SMILES string of the molecule is CCOc1ccc(C(=O)C(=Cc2cc(OC)ccc2OC)C(C)C)cc1N. The number of ketones is 1. The van der Waals surface area contributed by atoms with Crippen molar-refractivity contribution in [3.63, 3.8) is 0 Å². The number of Topliss-reactive ketones (excluding diaryl/α,β-unsaturated/α-hetero) is 1. The van der Waals surface area contributed by atoms with E-state index in [2.05, 4.69) is 0 Å². The van der Waals surface area contributed by atoms with E-state index in [9.17, 15) is 4.79 Å². The average Bonchev–Trinajstić information content (AvgIpc) is 2.66. The van der Waals surface area contributed by atoms with E-state index in [1.165, 1.54) is 0 Å². The molecule has 0 saturated heterocycles. The van der Waals surface area contributed by atoms with Gasteiger partial charge in [0.05, 0.1) is 26.5 Å². The van der Waals surface area contributed by atoms with Crippen LogP contribution in [0.25, 0.3) is 6.08 Å². The van der Waals surface area contributed by atoms with E-state index < -0.39 is 0 Å². The van der Waals surface area contributed by atoms with Gasteiger partial charge in [-0.25, -0.2) is 0 Å². The van der Waals surface area contributed by atoms with E-state index in [1.807, 2.05) is 45.0 Å². The fourth-order valence-corrected chi connectivity index (χ4v) is 2.76. The zero-order valence-corrected chi connectivity index (χ0v) is 16.5. The normalized spacial score (nSPS) is 11.4. The molecule has 144 valence electrons. The van der Waals surface area contributed by atoms with E-state index in [1.54, 1.807) is 32.4 Å². The molecule has 2 N–H and O–H groups in total. The maximum absolute atomic E-state index is 13.1. The minimum absolute atomic E-state index is 0.0150. The number of carbonyl (C=O) groups is 1. The third-order valence-corrected chi connectivity index (χ3v) is 4.20. The highest BCUT2D eigenvalue weighted by atomic mass is 16.5. The summed E-state index contributed by atoms with van der Waals surface area (Å²) in [6.45, 7) is 6.37. The number of nitrogens with two attached hydrogens (primary N) is 1. The number of nitrogen functional groups attached to an aromatic ring is 1. The maximum Gasteiger partial charge on any atom is 0.189 e. The van der Waals surface area contributed by atoms with Gasteiger partial charge in [0.2, 0.25) is 0 Å². The lowest BCUT2D eigenvalue weighted by Gasteiger charge is -2.14. The van der Waals surface area contributed by atoms with Crippen LogP contribution in [0.2, 0.25) is 0 Å². The Hall–Kier alpha value is -2.95. The second kappa shape index (κ2) is 9.12. The summed E-state index contributed by atoms with van der Waals surface area (Å²) in [6, 6.07) is 10.6. The van der Waals surface area contributed by atoms with Gasteiger partial charge in [-0.05, 0) is 55.3 Å². The molecule has 0 unspecified atom stereocenters. The van der Waals surface area contributed by atoms with E-state index in [-0.39, 0.29) is 11.7 Å². The van der Waals surface area contributed by atoms with Crippen LogP contribution in [-0.2, 0) is 0 Å². The molecule has 0 fully saturated rings. The molecular formula is C22H27NO4. The molecule has 2 aromatic carbocycles. The third-order valence-electron chi connectivity index (χ3n) is 4.20. The van der Waals surface area contributed by atoms with Gasteiger partial charge < -0.3 is 19.9 Å². The van der Waals surface area contributed by atoms with E-state index >= 15 is 0 Å². The first-order valence-corrected chi connectivity index (χ1v) is 8.91. The Balaban J connectivity index is 2.47. The van der Waals surface area contributed by atoms with Gasteiger partial charge in [-0.3, -0.25) is 4.79 Å². The molecule has 0 bridgehead atoms. The van der Waals surface area contributed by atoms with Gasteiger partial charge in [-0.1, -0.05) is 13.8 Å². The fourth-order valence-electron chi connectivity index (χ4n) is 2.76. The molecule has 0 aliphatic rings. The number of hydrogen-bond acceptors (Lipinski definition) is 5. The van der Waals surface area contributed by atoms with Crippen LogP contribution in [0.5, 0.6) is 17.2 Å². The first kappa shape index (κ1) is 20.4. The van der Waals surface area contributed by atoms with Crippen LogP contribution in [-0.4, -0.2) is 26.6 Å². The van der Waals surface area contributed by atoms with Crippen molar-refractivity contribution in [2.45, 2.75) is 20.8 Å². The number of benzene rings is 2. The number of ether oxygens (including phenoxy) is 3. The maximum atomic E-state index is 13.1. The quantitative estimate of drug-likeness (QED) is 0.418. The molecule has 5 nitrogen and oxygen atoms in total. The number of rotatable bonds is 8. The van der Waals surface area contributed by atoms with Crippen molar-refractivity contribution in [3.05, 3.63) is 53.1 Å². The number of allylic oxidation sites excluding steroid dienone is 1. The molecule has 0 aromatic heterocycles. The highest BCUT2D eigenvalue weighted by Crippen LogP contribution is 2.30. The fraction of sp³-hybridized carbons (Fsp3) is 0.318. The van der Waals surface area contributed by atoms with E-state index in [0.717, 1.165) is 5.56 Å². The van der Waals surface area contributed by atoms with Gasteiger partial charge in [0, 0.05) is 16.7 Å². The lowest BCUT2D eigenvalue weighted by atomic mass is 9.92. The van der Waals surface area contributed by atoms with Crippen LogP contribution < -0.4 is 19.9 Å². The lowest BCUT2D eigenvalue weighted by molar-refractivity contribution is 0.102. The highest BCUT2D eigenvalue weighted by Gasteiger charge is 2.18. The number of anilines is 1. The van der Waals surface area contributed by atoms with Crippen LogP contribution in [0.1, 0.15) is 36.7 Å². The summed E-state index contributed by atoms with van der Waals surface area (Å²) in [4.78, 5) is 13.1. The largest absolute Gasteiger partial charge is 0.497 e.